The van der Waals surface area contributed by atoms with Gasteiger partial charge in [0.1, 0.15) is 0 Å². The number of allylic oxidation sites excluding steroid dienone is 2. The van der Waals surface area contributed by atoms with Crippen LogP contribution in [0, 0.1) is 11.3 Å². The van der Waals surface area contributed by atoms with E-state index in [-0.39, 0.29) is 12.6 Å². The number of nitriles is 1. The molecule has 1 heterocycles. The van der Waals surface area contributed by atoms with Crippen molar-refractivity contribution in [2.75, 3.05) is 13.2 Å². The molecule has 0 amide bonds. The molecule has 1 N–H and O–H groups in total. The van der Waals surface area contributed by atoms with Crippen LogP contribution in [0.4, 0.5) is 0 Å². The summed E-state index contributed by atoms with van der Waals surface area (Å²) in [6.07, 6.45) is 5.28. The second-order valence-electron chi connectivity index (χ2n) is 4.06. The molecule has 1 aliphatic heterocycles. The van der Waals surface area contributed by atoms with Gasteiger partial charge >= 0.3 is 0 Å². The Hall–Kier alpha value is -1.01. The van der Waals surface area contributed by atoms with Crippen molar-refractivity contribution in [1.29, 1.82) is 5.26 Å². The second-order valence-corrected chi connectivity index (χ2v) is 4.06. The first-order valence-electron chi connectivity index (χ1n) is 5.36. The Morgan fingerprint density at radius 2 is 2.29 bits per heavy atom. The molecule has 3 nitrogen and oxygen atoms in total. The lowest BCUT2D eigenvalue weighted by molar-refractivity contribution is 0.184. The van der Waals surface area contributed by atoms with E-state index in [9.17, 15) is 5.11 Å². The first-order valence-corrected chi connectivity index (χ1v) is 5.36. The van der Waals surface area contributed by atoms with Crippen molar-refractivity contribution < 1.29 is 5.11 Å². The summed E-state index contributed by atoms with van der Waals surface area (Å²) in [5, 5.41) is 18.2. The lowest BCUT2D eigenvalue weighted by Gasteiger charge is -2.26. The predicted molar refractivity (Wildman–Crippen MR) is 53.3 cm³/mol. The summed E-state index contributed by atoms with van der Waals surface area (Å²) in [5.41, 5.74) is 2.16. The maximum Gasteiger partial charge on any atom is 0.0965 e. The summed E-state index contributed by atoms with van der Waals surface area (Å²) in [6.45, 7) is 1.24. The fourth-order valence-corrected chi connectivity index (χ4v) is 2.55. The molecule has 0 aromatic carbocycles. The SMILES string of the molecule is N#CC1=C(N2CCC[C@H]2CO)CCC1. The molecule has 1 atom stereocenters. The zero-order chi connectivity index (χ0) is 9.97. The van der Waals surface area contributed by atoms with Gasteiger partial charge in [-0.1, -0.05) is 0 Å². The summed E-state index contributed by atoms with van der Waals surface area (Å²) in [4.78, 5) is 2.26. The molecule has 1 aliphatic carbocycles. The first-order chi connectivity index (χ1) is 6.86. The summed E-state index contributed by atoms with van der Waals surface area (Å²) < 4.78 is 0. The Morgan fingerprint density at radius 3 is 3.00 bits per heavy atom. The van der Waals surface area contributed by atoms with Crippen LogP contribution in [-0.2, 0) is 0 Å². The Balaban J connectivity index is 2.18. The Morgan fingerprint density at radius 1 is 1.43 bits per heavy atom. The molecule has 2 aliphatic rings. The molecule has 3 heteroatoms. The molecule has 1 fully saturated rings. The molecule has 0 spiro atoms. The minimum Gasteiger partial charge on any atom is -0.394 e. The van der Waals surface area contributed by atoms with Crippen LogP contribution in [0.25, 0.3) is 0 Å². The quantitative estimate of drug-likeness (QED) is 0.719. The zero-order valence-electron chi connectivity index (χ0n) is 8.37. The third kappa shape index (κ3) is 1.51. The van der Waals surface area contributed by atoms with Gasteiger partial charge in [0, 0.05) is 17.8 Å². The Labute approximate surface area is 84.6 Å². The van der Waals surface area contributed by atoms with Crippen molar-refractivity contribution in [2.24, 2.45) is 0 Å². The Kier molecular flexibility index (Phi) is 2.74. The van der Waals surface area contributed by atoms with Gasteiger partial charge in [-0.05, 0) is 32.1 Å². The number of aliphatic hydroxyl groups excluding tert-OH is 1. The van der Waals surface area contributed by atoms with Crippen molar-refractivity contribution in [3.05, 3.63) is 11.3 Å². The van der Waals surface area contributed by atoms with Crippen molar-refractivity contribution in [1.82, 2.24) is 4.90 Å². The van der Waals surface area contributed by atoms with E-state index in [1.165, 1.54) is 5.70 Å². The molecule has 0 radical (unpaired) electrons. The molecular formula is C11H16N2O. The fourth-order valence-electron chi connectivity index (χ4n) is 2.55. The highest BCUT2D eigenvalue weighted by molar-refractivity contribution is 5.31. The van der Waals surface area contributed by atoms with Gasteiger partial charge in [0.05, 0.1) is 18.7 Å². The van der Waals surface area contributed by atoms with Gasteiger partial charge in [-0.15, -0.1) is 0 Å². The van der Waals surface area contributed by atoms with Crippen LogP contribution in [0.15, 0.2) is 11.3 Å². The molecule has 2 rings (SSSR count). The number of likely N-dealkylation sites (tertiary alicyclic amines) is 1. The van der Waals surface area contributed by atoms with Crippen molar-refractivity contribution in [3.8, 4) is 6.07 Å². The van der Waals surface area contributed by atoms with Crippen LogP contribution in [0.1, 0.15) is 32.1 Å². The van der Waals surface area contributed by atoms with Gasteiger partial charge < -0.3 is 10.0 Å². The van der Waals surface area contributed by atoms with E-state index in [1.807, 2.05) is 0 Å². The van der Waals surface area contributed by atoms with Crippen LogP contribution in [0.3, 0.4) is 0 Å². The maximum atomic E-state index is 9.21. The summed E-state index contributed by atoms with van der Waals surface area (Å²) in [6, 6.07) is 2.56. The summed E-state index contributed by atoms with van der Waals surface area (Å²) in [7, 11) is 0. The summed E-state index contributed by atoms with van der Waals surface area (Å²) >= 11 is 0. The van der Waals surface area contributed by atoms with Gasteiger partial charge in [0.2, 0.25) is 0 Å². The highest BCUT2D eigenvalue weighted by Crippen LogP contribution is 2.33. The monoisotopic (exact) mass is 192 g/mol. The van der Waals surface area contributed by atoms with E-state index in [1.54, 1.807) is 0 Å². The van der Waals surface area contributed by atoms with Crippen molar-refractivity contribution in [3.63, 3.8) is 0 Å². The van der Waals surface area contributed by atoms with Crippen LogP contribution < -0.4 is 0 Å². The zero-order valence-corrected chi connectivity index (χ0v) is 8.37. The number of nitrogens with zero attached hydrogens (tertiary/aromatic N) is 2. The van der Waals surface area contributed by atoms with Crippen molar-refractivity contribution >= 4 is 0 Å². The topological polar surface area (TPSA) is 47.3 Å². The molecule has 0 aromatic heterocycles. The smallest absolute Gasteiger partial charge is 0.0965 e. The number of hydrogen-bond donors (Lipinski definition) is 1. The molecule has 0 saturated carbocycles. The highest BCUT2D eigenvalue weighted by Gasteiger charge is 2.29. The molecule has 14 heavy (non-hydrogen) atoms. The van der Waals surface area contributed by atoms with E-state index in [0.717, 1.165) is 44.2 Å². The van der Waals surface area contributed by atoms with Crippen molar-refractivity contribution in [2.45, 2.75) is 38.1 Å². The van der Waals surface area contributed by atoms with Gasteiger partial charge in [-0.3, -0.25) is 0 Å². The summed E-state index contributed by atoms with van der Waals surface area (Å²) in [5.74, 6) is 0. The standard InChI is InChI=1S/C11H16N2O/c12-7-9-3-1-5-11(9)13-6-2-4-10(13)8-14/h10,14H,1-6,8H2/t10-/m0/s1. The third-order valence-corrected chi connectivity index (χ3v) is 3.26. The highest BCUT2D eigenvalue weighted by atomic mass is 16.3. The van der Waals surface area contributed by atoms with E-state index in [0.29, 0.717) is 0 Å². The largest absolute Gasteiger partial charge is 0.394 e. The third-order valence-electron chi connectivity index (χ3n) is 3.26. The van der Waals surface area contributed by atoms with Gasteiger partial charge in [-0.25, -0.2) is 0 Å². The van der Waals surface area contributed by atoms with Gasteiger partial charge in [0.25, 0.3) is 0 Å². The minimum atomic E-state index is 0.224. The molecule has 1 saturated heterocycles. The Bertz CT molecular complexity index is 290. The minimum absolute atomic E-state index is 0.224. The first kappa shape index (κ1) is 9.54. The molecule has 0 unspecified atom stereocenters. The normalized spacial score (nSPS) is 27.1. The maximum absolute atomic E-state index is 9.21. The van der Waals surface area contributed by atoms with Crippen LogP contribution in [0.2, 0.25) is 0 Å². The average Bonchev–Trinajstić information content (AvgIpc) is 2.85. The van der Waals surface area contributed by atoms with E-state index in [2.05, 4.69) is 11.0 Å². The lowest BCUT2D eigenvalue weighted by atomic mass is 10.2. The molecule has 0 aromatic rings. The van der Waals surface area contributed by atoms with Gasteiger partial charge in [0.15, 0.2) is 0 Å². The van der Waals surface area contributed by atoms with E-state index >= 15 is 0 Å². The second kappa shape index (κ2) is 4.02. The molecule has 0 bridgehead atoms. The molecular weight excluding hydrogens is 176 g/mol. The van der Waals surface area contributed by atoms with Crippen LogP contribution >= 0.6 is 0 Å². The van der Waals surface area contributed by atoms with E-state index < -0.39 is 0 Å². The number of hydrogen-bond acceptors (Lipinski definition) is 3. The fraction of sp³-hybridized carbons (Fsp3) is 0.727. The van der Waals surface area contributed by atoms with Gasteiger partial charge in [-0.2, -0.15) is 5.26 Å². The van der Waals surface area contributed by atoms with Crippen LogP contribution in [0.5, 0.6) is 0 Å². The van der Waals surface area contributed by atoms with E-state index in [4.69, 9.17) is 5.26 Å². The number of aliphatic hydroxyl groups is 1. The van der Waals surface area contributed by atoms with Crippen LogP contribution in [-0.4, -0.2) is 29.2 Å². The average molecular weight is 192 g/mol. The predicted octanol–water partition coefficient (Wildman–Crippen LogP) is 1.40. The number of rotatable bonds is 2. The molecule has 76 valence electrons. The lowest BCUT2D eigenvalue weighted by Crippen LogP contribution is -2.31.